The standard InChI is InChI=1S/C43H58N10O8/c1-5-27(4)38(42(59)50-33(39(44)56)18-30-21-45-24-47-30)53-37(55)20-36(54)32(16-26(2)3)49-41(58)35(19-31-22-46-25-48-31)51-40(57)34(17-28-12-8-6-9-13-28)52-43(60)61-23-29-14-10-7-11-15-29/h6-15,21-22,24-27,32-36,38,54H,5,16-20,23H2,1-4H3,(H2,44,56)(H,45,47)(H,46,48)(H,49,58)(H,50,59)(H,51,57)(H,52,60)(H,53,55)/t27-,32-,33-,34-,35-,36-,38-/m0/s1. The number of primary amides is 1. The summed E-state index contributed by atoms with van der Waals surface area (Å²) in [6, 6.07) is 12.6. The van der Waals surface area contributed by atoms with Crippen molar-refractivity contribution in [3.05, 3.63) is 108 Å². The van der Waals surface area contributed by atoms with Crippen molar-refractivity contribution in [3.8, 4) is 0 Å². The molecule has 0 aliphatic rings. The van der Waals surface area contributed by atoms with E-state index in [1.807, 2.05) is 45.0 Å². The zero-order valence-corrected chi connectivity index (χ0v) is 34.9. The minimum absolute atomic E-state index is 0.0258. The largest absolute Gasteiger partial charge is 0.445 e. The molecule has 4 aromatic rings. The van der Waals surface area contributed by atoms with Crippen LogP contribution in [0.5, 0.6) is 0 Å². The van der Waals surface area contributed by atoms with E-state index in [9.17, 15) is 33.9 Å². The summed E-state index contributed by atoms with van der Waals surface area (Å²) in [5.74, 6) is -3.85. The number of amides is 6. The highest BCUT2D eigenvalue weighted by molar-refractivity contribution is 5.93. The van der Waals surface area contributed by atoms with E-state index < -0.39 is 78.4 Å². The van der Waals surface area contributed by atoms with Crippen LogP contribution in [-0.4, -0.2) is 97.0 Å². The maximum atomic E-state index is 14.1. The van der Waals surface area contributed by atoms with E-state index in [-0.39, 0.29) is 44.1 Å². The molecule has 18 nitrogen and oxygen atoms in total. The molecule has 0 aliphatic carbocycles. The van der Waals surface area contributed by atoms with Crippen molar-refractivity contribution in [1.29, 1.82) is 0 Å². The number of nitrogens with zero attached hydrogens (tertiary/aromatic N) is 2. The van der Waals surface area contributed by atoms with Gasteiger partial charge < -0.3 is 52.1 Å². The molecule has 2 heterocycles. The van der Waals surface area contributed by atoms with Crippen molar-refractivity contribution < 1.29 is 38.6 Å². The highest BCUT2D eigenvalue weighted by Crippen LogP contribution is 2.15. The number of benzene rings is 2. The second-order valence-corrected chi connectivity index (χ2v) is 15.4. The van der Waals surface area contributed by atoms with Crippen molar-refractivity contribution in [2.75, 3.05) is 0 Å². The molecular weight excluding hydrogens is 785 g/mol. The van der Waals surface area contributed by atoms with E-state index >= 15 is 0 Å². The molecule has 4 rings (SSSR count). The minimum atomic E-state index is -1.42. The van der Waals surface area contributed by atoms with Crippen molar-refractivity contribution in [1.82, 2.24) is 46.5 Å². The van der Waals surface area contributed by atoms with Gasteiger partial charge in [-0.2, -0.15) is 0 Å². The summed E-state index contributed by atoms with van der Waals surface area (Å²) < 4.78 is 5.41. The number of alkyl carbamates (subject to hydrolysis) is 1. The lowest BCUT2D eigenvalue weighted by Gasteiger charge is -2.30. The number of imidazole rings is 2. The third-order valence-corrected chi connectivity index (χ3v) is 10.1. The molecule has 0 saturated heterocycles. The number of hydrogen-bond acceptors (Lipinski definition) is 10. The third kappa shape index (κ3) is 15.9. The summed E-state index contributed by atoms with van der Waals surface area (Å²) in [4.78, 5) is 94.2. The van der Waals surface area contributed by atoms with E-state index in [1.54, 1.807) is 55.7 Å². The van der Waals surface area contributed by atoms with Gasteiger partial charge in [-0.1, -0.05) is 94.8 Å². The molecule has 2 aromatic heterocycles. The predicted octanol–water partition coefficient (Wildman–Crippen LogP) is 1.72. The molecule has 0 unspecified atom stereocenters. The van der Waals surface area contributed by atoms with Crippen LogP contribution in [0.25, 0.3) is 0 Å². The number of nitrogens with one attached hydrogen (secondary N) is 7. The number of aliphatic hydroxyl groups excluding tert-OH is 1. The van der Waals surface area contributed by atoms with Gasteiger partial charge in [-0.05, 0) is 29.4 Å². The Kier molecular flexibility index (Phi) is 18.5. The molecule has 0 saturated carbocycles. The van der Waals surface area contributed by atoms with Crippen LogP contribution in [0.3, 0.4) is 0 Å². The van der Waals surface area contributed by atoms with Crippen molar-refractivity contribution in [3.63, 3.8) is 0 Å². The lowest BCUT2D eigenvalue weighted by molar-refractivity contribution is -0.133. The van der Waals surface area contributed by atoms with Gasteiger partial charge in [0, 0.05) is 31.7 Å². The van der Waals surface area contributed by atoms with Gasteiger partial charge in [0.05, 0.1) is 42.6 Å². The maximum absolute atomic E-state index is 14.1. The van der Waals surface area contributed by atoms with E-state index in [0.717, 1.165) is 11.1 Å². The molecule has 18 heteroatoms. The number of ether oxygens (including phenoxy) is 1. The first kappa shape index (κ1) is 47.1. The average Bonchev–Trinajstić information content (AvgIpc) is 3.96. The predicted molar refractivity (Wildman–Crippen MR) is 225 cm³/mol. The molecule has 0 fully saturated rings. The summed E-state index contributed by atoms with van der Waals surface area (Å²) in [6.45, 7) is 7.34. The van der Waals surface area contributed by atoms with Crippen LogP contribution in [0.2, 0.25) is 0 Å². The van der Waals surface area contributed by atoms with Crippen LogP contribution in [0.1, 0.15) is 69.5 Å². The van der Waals surface area contributed by atoms with Crippen LogP contribution >= 0.6 is 0 Å². The number of hydrogen-bond donors (Lipinski definition) is 9. The van der Waals surface area contributed by atoms with Gasteiger partial charge in [-0.3, -0.25) is 24.0 Å². The molecule has 61 heavy (non-hydrogen) atoms. The second-order valence-electron chi connectivity index (χ2n) is 15.4. The Labute approximate surface area is 355 Å². The molecule has 7 atom stereocenters. The number of aromatic nitrogens is 4. The number of rotatable bonds is 24. The average molecular weight is 843 g/mol. The van der Waals surface area contributed by atoms with Crippen molar-refractivity contribution in [2.45, 2.75) is 109 Å². The number of carbonyl (C=O) groups is 6. The number of aromatic amines is 2. The van der Waals surface area contributed by atoms with E-state index in [1.165, 1.54) is 12.7 Å². The zero-order valence-electron chi connectivity index (χ0n) is 34.9. The topological polar surface area (TPSA) is 275 Å². The van der Waals surface area contributed by atoms with Crippen LogP contribution < -0.4 is 32.3 Å². The molecule has 328 valence electrons. The lowest BCUT2D eigenvalue weighted by atomic mass is 9.95. The quantitative estimate of drug-likeness (QED) is 0.0493. The molecule has 6 amide bonds. The fraction of sp³-hybridized carbons (Fsp3) is 0.442. The highest BCUT2D eigenvalue weighted by atomic mass is 16.5. The monoisotopic (exact) mass is 842 g/mol. The molecular formula is C43H58N10O8. The first-order chi connectivity index (χ1) is 29.2. The first-order valence-corrected chi connectivity index (χ1v) is 20.4. The highest BCUT2D eigenvalue weighted by Gasteiger charge is 2.34. The number of nitrogens with two attached hydrogens (primary N) is 1. The van der Waals surface area contributed by atoms with Gasteiger partial charge in [-0.15, -0.1) is 0 Å². The Hall–Kier alpha value is -6.56. The Bertz CT molecular complexity index is 1980. The SMILES string of the molecule is CC[C@H](C)[C@H](NC(=O)C[C@H](O)[C@H](CC(C)C)NC(=O)[C@H](Cc1c[nH]cn1)NC(=O)[C@H](Cc1ccccc1)NC(=O)OCc1ccccc1)C(=O)N[C@@H](Cc1c[nH]cn1)C(N)=O. The molecule has 0 bridgehead atoms. The van der Waals surface area contributed by atoms with E-state index in [2.05, 4.69) is 46.5 Å². The van der Waals surface area contributed by atoms with Crippen LogP contribution in [0.4, 0.5) is 4.79 Å². The van der Waals surface area contributed by atoms with Crippen molar-refractivity contribution >= 4 is 35.6 Å². The minimum Gasteiger partial charge on any atom is -0.445 e. The smallest absolute Gasteiger partial charge is 0.408 e. The number of H-pyrrole nitrogens is 2. The summed E-state index contributed by atoms with van der Waals surface area (Å²) in [5.41, 5.74) is 8.03. The fourth-order valence-corrected chi connectivity index (χ4v) is 6.53. The molecule has 0 aliphatic heterocycles. The van der Waals surface area contributed by atoms with Crippen LogP contribution in [0.15, 0.2) is 85.7 Å². The van der Waals surface area contributed by atoms with Gasteiger partial charge in [0.2, 0.25) is 29.5 Å². The Morgan fingerprint density at radius 2 is 1.25 bits per heavy atom. The lowest BCUT2D eigenvalue weighted by Crippen LogP contribution is -2.58. The van der Waals surface area contributed by atoms with Gasteiger partial charge in [0.25, 0.3) is 0 Å². The first-order valence-electron chi connectivity index (χ1n) is 20.4. The Morgan fingerprint density at radius 3 is 1.79 bits per heavy atom. The fourth-order valence-electron chi connectivity index (χ4n) is 6.53. The van der Waals surface area contributed by atoms with Gasteiger partial charge in [0.15, 0.2) is 0 Å². The van der Waals surface area contributed by atoms with E-state index in [4.69, 9.17) is 10.5 Å². The number of carbonyl (C=O) groups excluding carboxylic acids is 6. The summed E-state index contributed by atoms with van der Waals surface area (Å²) in [7, 11) is 0. The van der Waals surface area contributed by atoms with Crippen LogP contribution in [-0.2, 0) is 54.6 Å². The number of aliphatic hydroxyl groups is 1. The third-order valence-electron chi connectivity index (χ3n) is 10.1. The van der Waals surface area contributed by atoms with E-state index in [0.29, 0.717) is 17.8 Å². The molecule has 2 aromatic carbocycles. The van der Waals surface area contributed by atoms with Gasteiger partial charge in [-0.25, -0.2) is 14.8 Å². The summed E-state index contributed by atoms with van der Waals surface area (Å²) >= 11 is 0. The maximum Gasteiger partial charge on any atom is 0.408 e. The Balaban J connectivity index is 1.47. The molecule has 0 radical (unpaired) electrons. The summed E-state index contributed by atoms with van der Waals surface area (Å²) in [5, 5.41) is 25.0. The normalized spacial score (nSPS) is 14.6. The molecule has 0 spiro atoms. The van der Waals surface area contributed by atoms with Crippen molar-refractivity contribution in [2.24, 2.45) is 17.6 Å². The second kappa shape index (κ2) is 23.9. The summed E-state index contributed by atoms with van der Waals surface area (Å²) in [6.07, 6.45) is 4.07. The molecule has 10 N–H and O–H groups in total. The van der Waals surface area contributed by atoms with Gasteiger partial charge in [0.1, 0.15) is 30.8 Å². The van der Waals surface area contributed by atoms with Crippen LogP contribution in [0, 0.1) is 11.8 Å². The zero-order chi connectivity index (χ0) is 44.3. The Morgan fingerprint density at radius 1 is 0.705 bits per heavy atom. The van der Waals surface area contributed by atoms with Gasteiger partial charge >= 0.3 is 6.09 Å².